The van der Waals surface area contributed by atoms with Crippen molar-refractivity contribution < 1.29 is 43.2 Å². The van der Waals surface area contributed by atoms with Crippen LogP contribution in [0.3, 0.4) is 0 Å². The van der Waals surface area contributed by atoms with E-state index in [0.29, 0.717) is 77.2 Å². The second-order valence-corrected chi connectivity index (χ2v) is 23.1. The number of carbonyl (C=O) groups excluding carboxylic acids is 4. The molecule has 79 heavy (non-hydrogen) atoms. The summed E-state index contributed by atoms with van der Waals surface area (Å²) >= 11 is 0. The molecule has 0 aliphatic carbocycles. The summed E-state index contributed by atoms with van der Waals surface area (Å²) in [5.74, 6) is 0.707. The molecule has 0 saturated carbocycles. The molecule has 0 rings (SSSR count). The molecule has 0 saturated heterocycles. The molecule has 0 heterocycles. The van der Waals surface area contributed by atoms with Gasteiger partial charge in [0.25, 0.3) is 0 Å². The van der Waals surface area contributed by atoms with Crippen LogP contribution in [0.5, 0.6) is 0 Å². The van der Waals surface area contributed by atoms with Gasteiger partial charge < -0.3 is 38.8 Å². The van der Waals surface area contributed by atoms with Gasteiger partial charge in [0.1, 0.15) is 13.2 Å². The van der Waals surface area contributed by atoms with Crippen molar-refractivity contribution in [3.63, 3.8) is 0 Å². The molecular weight excluding hydrogens is 993 g/mol. The summed E-state index contributed by atoms with van der Waals surface area (Å²) < 4.78 is 23.6. The first kappa shape index (κ1) is 76.4. The highest BCUT2D eigenvalue weighted by Gasteiger charge is 2.20. The lowest BCUT2D eigenvalue weighted by molar-refractivity contribution is -0.146. The zero-order valence-electron chi connectivity index (χ0n) is 53.1. The van der Waals surface area contributed by atoms with Crippen LogP contribution in [0.15, 0.2) is 0 Å². The van der Waals surface area contributed by atoms with E-state index >= 15 is 0 Å². The lowest BCUT2D eigenvalue weighted by atomic mass is 9.96. The monoisotopic (exact) mass is 1120 g/mol. The molecule has 0 aromatic carbocycles. The number of hydrogen-bond acceptors (Lipinski definition) is 11. The predicted molar refractivity (Wildman–Crippen MR) is 330 cm³/mol. The fourth-order valence-electron chi connectivity index (χ4n) is 10.5. The van der Waals surface area contributed by atoms with Crippen LogP contribution < -0.4 is 0 Å². The van der Waals surface area contributed by atoms with Gasteiger partial charge in [-0.25, -0.2) is 9.59 Å². The number of aliphatic hydroxyl groups is 1. The standard InChI is InChI=1S/C66H130N4O9/c1-8-15-21-23-25-35-50-69(52-37-27-33-45-63(72)78-59-61(41-29-17-10-3)42-30-18-11-4)65(74)76-57-54-68(48-39-47-67(14-7)49-40-56-71)55-58-77-66(75)70(51-36-26-24-22-16-9-2)53-38-28-34-46-64(73)79-60-62(43-31-19-12-5)44-32-20-13-6/h61-62,71H,8-60H2,1-7H3. The fourth-order valence-corrected chi connectivity index (χ4v) is 10.5. The van der Waals surface area contributed by atoms with E-state index in [1.807, 2.05) is 9.80 Å². The molecule has 13 heteroatoms. The molecule has 0 unspecified atom stereocenters. The highest BCUT2D eigenvalue weighted by Crippen LogP contribution is 2.21. The molecule has 0 bridgehead atoms. The van der Waals surface area contributed by atoms with E-state index in [1.165, 1.54) is 128 Å². The maximum atomic E-state index is 13.8. The van der Waals surface area contributed by atoms with Crippen LogP contribution in [-0.4, -0.2) is 147 Å². The second-order valence-electron chi connectivity index (χ2n) is 23.1. The van der Waals surface area contributed by atoms with E-state index in [4.69, 9.17) is 18.9 Å². The van der Waals surface area contributed by atoms with Crippen molar-refractivity contribution in [3.05, 3.63) is 0 Å². The number of nitrogens with zero attached hydrogens (tertiary/aromatic N) is 4. The molecule has 0 aliphatic heterocycles. The normalized spacial score (nSPS) is 11.6. The number of hydrogen-bond donors (Lipinski definition) is 1. The van der Waals surface area contributed by atoms with Crippen molar-refractivity contribution in [2.24, 2.45) is 11.8 Å². The number of rotatable bonds is 60. The summed E-state index contributed by atoms with van der Waals surface area (Å²) in [5, 5.41) is 9.46. The van der Waals surface area contributed by atoms with Crippen molar-refractivity contribution >= 4 is 24.1 Å². The van der Waals surface area contributed by atoms with Crippen molar-refractivity contribution in [1.29, 1.82) is 0 Å². The second kappa shape index (κ2) is 58.6. The quantitative estimate of drug-likeness (QED) is 0.0354. The maximum Gasteiger partial charge on any atom is 0.409 e. The highest BCUT2D eigenvalue weighted by molar-refractivity contribution is 5.70. The molecule has 0 aliphatic rings. The lowest BCUT2D eigenvalue weighted by Crippen LogP contribution is -2.39. The fraction of sp³-hybridized carbons (Fsp3) is 0.939. The van der Waals surface area contributed by atoms with Crippen LogP contribution >= 0.6 is 0 Å². The number of amides is 2. The lowest BCUT2D eigenvalue weighted by Gasteiger charge is -2.27. The van der Waals surface area contributed by atoms with Gasteiger partial charge in [-0.3, -0.25) is 14.5 Å². The zero-order valence-corrected chi connectivity index (χ0v) is 53.1. The molecule has 2 amide bonds. The van der Waals surface area contributed by atoms with E-state index in [1.54, 1.807) is 0 Å². The molecule has 13 nitrogen and oxygen atoms in total. The average Bonchev–Trinajstić information content (AvgIpc) is 3.44. The van der Waals surface area contributed by atoms with Gasteiger partial charge in [0.15, 0.2) is 0 Å². The molecule has 468 valence electrons. The Morgan fingerprint density at radius 3 is 1.00 bits per heavy atom. The van der Waals surface area contributed by atoms with E-state index < -0.39 is 0 Å². The highest BCUT2D eigenvalue weighted by atomic mass is 16.6. The molecule has 0 aromatic rings. The summed E-state index contributed by atoms with van der Waals surface area (Å²) in [7, 11) is 0. The minimum Gasteiger partial charge on any atom is -0.465 e. The summed E-state index contributed by atoms with van der Waals surface area (Å²) in [5.41, 5.74) is 0. The van der Waals surface area contributed by atoms with Crippen LogP contribution in [0.4, 0.5) is 9.59 Å². The Kier molecular flexibility index (Phi) is 56.6. The summed E-state index contributed by atoms with van der Waals surface area (Å²) in [6.07, 6.45) is 39.4. The van der Waals surface area contributed by atoms with Crippen LogP contribution in [0.25, 0.3) is 0 Å². The molecule has 1 N–H and O–H groups in total. The van der Waals surface area contributed by atoms with Gasteiger partial charge in [0.05, 0.1) is 13.2 Å². The number of unbranched alkanes of at least 4 members (excludes halogenated alkanes) is 22. The molecule has 0 atom stereocenters. The number of aliphatic hydroxyl groups excluding tert-OH is 1. The summed E-state index contributed by atoms with van der Waals surface area (Å²) in [4.78, 5) is 61.4. The topological polar surface area (TPSA) is 138 Å². The van der Waals surface area contributed by atoms with Crippen molar-refractivity contribution in [2.45, 2.75) is 292 Å². The first-order chi connectivity index (χ1) is 38.6. The van der Waals surface area contributed by atoms with E-state index in [2.05, 4.69) is 58.3 Å². The van der Waals surface area contributed by atoms with E-state index in [0.717, 1.165) is 129 Å². The molecule has 0 aromatic heterocycles. The van der Waals surface area contributed by atoms with Gasteiger partial charge in [0.2, 0.25) is 0 Å². The zero-order chi connectivity index (χ0) is 58.1. The number of ether oxygens (including phenoxy) is 4. The average molecular weight is 1120 g/mol. The van der Waals surface area contributed by atoms with Crippen molar-refractivity contribution in [1.82, 2.24) is 19.6 Å². The van der Waals surface area contributed by atoms with Gasteiger partial charge in [0, 0.05) is 65.3 Å². The summed E-state index contributed by atoms with van der Waals surface area (Å²) in [6.45, 7) is 24.2. The molecule has 0 spiro atoms. The van der Waals surface area contributed by atoms with Crippen LogP contribution in [0.2, 0.25) is 0 Å². The predicted octanol–water partition coefficient (Wildman–Crippen LogP) is 16.7. The number of esters is 2. The van der Waals surface area contributed by atoms with Gasteiger partial charge in [-0.1, -0.05) is 203 Å². The third-order valence-corrected chi connectivity index (χ3v) is 15.8. The van der Waals surface area contributed by atoms with Gasteiger partial charge in [-0.05, 0) is 109 Å². The van der Waals surface area contributed by atoms with Crippen molar-refractivity contribution in [2.75, 3.05) is 98.5 Å². The maximum absolute atomic E-state index is 13.8. The number of carbonyl (C=O) groups is 4. The Morgan fingerprint density at radius 2 is 0.646 bits per heavy atom. The minimum atomic E-state index is -0.288. The molecular formula is C66H130N4O9. The first-order valence-corrected chi connectivity index (χ1v) is 33.8. The third-order valence-electron chi connectivity index (χ3n) is 15.8. The van der Waals surface area contributed by atoms with Gasteiger partial charge in [-0.2, -0.15) is 0 Å². The smallest absolute Gasteiger partial charge is 0.409 e. The molecule has 0 fully saturated rings. The Balaban J connectivity index is 5.58. The SMILES string of the molecule is CCCCCCCCN(CCCCCC(=O)OCC(CCCCC)CCCCC)C(=O)OCCN(CCCN(CC)CCCO)CCOC(=O)N(CCCCCCCC)CCCCCC(=O)OCC(CCCCC)CCCCC. The van der Waals surface area contributed by atoms with Crippen LogP contribution in [-0.2, 0) is 28.5 Å². The first-order valence-electron chi connectivity index (χ1n) is 33.8. The van der Waals surface area contributed by atoms with Crippen LogP contribution in [0.1, 0.15) is 292 Å². The van der Waals surface area contributed by atoms with Gasteiger partial charge in [-0.15, -0.1) is 0 Å². The Hall–Kier alpha value is -2.64. The molecule has 0 radical (unpaired) electrons. The third kappa shape index (κ3) is 48.6. The Bertz CT molecular complexity index is 1250. The van der Waals surface area contributed by atoms with E-state index in [-0.39, 0.29) is 43.9 Å². The van der Waals surface area contributed by atoms with Gasteiger partial charge >= 0.3 is 24.1 Å². The minimum absolute atomic E-state index is 0.104. The van der Waals surface area contributed by atoms with Crippen LogP contribution in [0, 0.1) is 11.8 Å². The van der Waals surface area contributed by atoms with Crippen molar-refractivity contribution in [3.8, 4) is 0 Å². The Labute approximate surface area is 487 Å². The van der Waals surface area contributed by atoms with E-state index in [9.17, 15) is 24.3 Å². The Morgan fingerprint density at radius 1 is 0.329 bits per heavy atom. The summed E-state index contributed by atoms with van der Waals surface area (Å²) in [6, 6.07) is 0. The largest absolute Gasteiger partial charge is 0.465 e.